The van der Waals surface area contributed by atoms with Crippen LogP contribution in [-0.2, 0) is 22.4 Å². The molecule has 0 radical (unpaired) electrons. The van der Waals surface area contributed by atoms with E-state index in [0.29, 0.717) is 27.7 Å². The fourth-order valence-electron chi connectivity index (χ4n) is 4.98. The molecule has 0 bridgehead atoms. The van der Waals surface area contributed by atoms with Gasteiger partial charge in [-0.3, -0.25) is 14.4 Å². The first kappa shape index (κ1) is 30.8. The van der Waals surface area contributed by atoms with E-state index in [1.165, 1.54) is 28.0 Å². The Morgan fingerprint density at radius 1 is 1.02 bits per heavy atom. The smallest absolute Gasteiger partial charge is 0.272 e. The van der Waals surface area contributed by atoms with E-state index >= 15 is 0 Å². The van der Waals surface area contributed by atoms with Gasteiger partial charge in [-0.1, -0.05) is 55.5 Å². The Morgan fingerprint density at radius 2 is 1.80 bits per heavy atom. The van der Waals surface area contributed by atoms with Gasteiger partial charge in [0.25, 0.3) is 11.8 Å². The molecule has 1 aliphatic carbocycles. The van der Waals surface area contributed by atoms with Gasteiger partial charge >= 0.3 is 0 Å². The van der Waals surface area contributed by atoms with Crippen molar-refractivity contribution in [2.75, 3.05) is 16.4 Å². The highest BCUT2D eigenvalue weighted by atomic mass is 32.2. The number of amides is 3. The number of aryl methyl sites for hydroxylation is 1. The van der Waals surface area contributed by atoms with Crippen molar-refractivity contribution < 1.29 is 14.4 Å². The highest BCUT2D eigenvalue weighted by molar-refractivity contribution is 8.00. The van der Waals surface area contributed by atoms with Crippen LogP contribution in [0, 0.1) is 24.2 Å². The fourth-order valence-corrected chi connectivity index (χ4v) is 7.11. The normalized spacial score (nSPS) is 14.2. The van der Waals surface area contributed by atoms with Crippen molar-refractivity contribution >= 4 is 57.6 Å². The van der Waals surface area contributed by atoms with Gasteiger partial charge in [0.1, 0.15) is 16.8 Å². The lowest BCUT2D eigenvalue weighted by molar-refractivity contribution is -0.114. The Hall–Kier alpha value is -4.65. The summed E-state index contributed by atoms with van der Waals surface area (Å²) in [6.45, 7) is 4.15. The molecule has 44 heavy (non-hydrogen) atoms. The number of nitrogens with zero attached hydrogens (tertiary/aromatic N) is 1. The molecule has 0 fully saturated rings. The quantitative estimate of drug-likeness (QED) is 0.135. The van der Waals surface area contributed by atoms with E-state index in [1.807, 2.05) is 43.3 Å². The molecule has 1 aliphatic rings. The van der Waals surface area contributed by atoms with Crippen LogP contribution in [0.5, 0.6) is 0 Å². The maximum absolute atomic E-state index is 13.4. The molecule has 3 aromatic carbocycles. The number of carbonyl (C=O) groups is 3. The second kappa shape index (κ2) is 14.2. The van der Waals surface area contributed by atoms with E-state index in [2.05, 4.69) is 28.9 Å². The van der Waals surface area contributed by atoms with Gasteiger partial charge in [0.15, 0.2) is 0 Å². The molecule has 0 aliphatic heterocycles. The molecule has 1 heterocycles. The summed E-state index contributed by atoms with van der Waals surface area (Å²) < 4.78 is 0. The van der Waals surface area contributed by atoms with E-state index in [9.17, 15) is 19.6 Å². The summed E-state index contributed by atoms with van der Waals surface area (Å²) in [5, 5.41) is 19.0. The van der Waals surface area contributed by atoms with Gasteiger partial charge in [-0.25, -0.2) is 0 Å². The van der Waals surface area contributed by atoms with E-state index in [-0.39, 0.29) is 17.4 Å². The van der Waals surface area contributed by atoms with E-state index in [4.69, 9.17) is 0 Å². The Labute approximate surface area is 265 Å². The lowest BCUT2D eigenvalue weighted by Crippen LogP contribution is -2.30. The highest BCUT2D eigenvalue weighted by Crippen LogP contribution is 2.39. The van der Waals surface area contributed by atoms with E-state index in [1.54, 1.807) is 48.5 Å². The molecule has 1 atom stereocenters. The molecule has 5 rings (SSSR count). The molecule has 7 nitrogen and oxygen atoms in total. The number of anilines is 2. The molecule has 9 heteroatoms. The van der Waals surface area contributed by atoms with Crippen LogP contribution >= 0.6 is 23.1 Å². The highest BCUT2D eigenvalue weighted by Gasteiger charge is 2.24. The van der Waals surface area contributed by atoms with Crippen LogP contribution < -0.4 is 16.0 Å². The van der Waals surface area contributed by atoms with Gasteiger partial charge < -0.3 is 16.0 Å². The van der Waals surface area contributed by atoms with Gasteiger partial charge in [0, 0.05) is 21.0 Å². The number of carbonyl (C=O) groups excluding carboxylic acids is 3. The van der Waals surface area contributed by atoms with Crippen LogP contribution in [0.2, 0.25) is 0 Å². The molecule has 0 saturated heterocycles. The number of nitriles is 1. The maximum atomic E-state index is 13.4. The Kier molecular flexibility index (Phi) is 9.95. The summed E-state index contributed by atoms with van der Waals surface area (Å²) in [7, 11) is 0. The largest absolute Gasteiger partial charge is 0.321 e. The van der Waals surface area contributed by atoms with Crippen molar-refractivity contribution in [2.45, 2.75) is 38.0 Å². The van der Waals surface area contributed by atoms with E-state index in [0.717, 1.165) is 40.8 Å². The SMILES string of the molecule is Cc1ccccc1/C=C(\NC(=O)c1ccccc1)C(=O)Nc1cccc(SCC(=O)Nc2sc3c(c2C#N)CCC(C)C3)c1. The first-order chi connectivity index (χ1) is 21.3. The molecule has 1 unspecified atom stereocenters. The van der Waals surface area contributed by atoms with Crippen molar-refractivity contribution in [1.82, 2.24) is 5.32 Å². The van der Waals surface area contributed by atoms with Crippen molar-refractivity contribution in [3.8, 4) is 6.07 Å². The summed E-state index contributed by atoms with van der Waals surface area (Å²) in [5.74, 6) is -0.338. The predicted octanol–water partition coefficient (Wildman–Crippen LogP) is 7.19. The Balaban J connectivity index is 1.26. The topological polar surface area (TPSA) is 111 Å². The maximum Gasteiger partial charge on any atom is 0.272 e. The molecular formula is C35H32N4O3S2. The third-order valence-electron chi connectivity index (χ3n) is 7.36. The van der Waals surface area contributed by atoms with Crippen molar-refractivity contribution in [3.63, 3.8) is 0 Å². The minimum atomic E-state index is -0.475. The summed E-state index contributed by atoms with van der Waals surface area (Å²) in [4.78, 5) is 41.2. The summed E-state index contributed by atoms with van der Waals surface area (Å²) >= 11 is 2.84. The number of nitrogens with one attached hydrogen (secondary N) is 3. The second-order valence-electron chi connectivity index (χ2n) is 10.7. The number of benzene rings is 3. The molecule has 3 amide bonds. The van der Waals surface area contributed by atoms with Gasteiger partial charge in [0.05, 0.1) is 11.3 Å². The van der Waals surface area contributed by atoms with Gasteiger partial charge in [-0.15, -0.1) is 23.1 Å². The molecule has 0 saturated carbocycles. The number of hydrogen-bond donors (Lipinski definition) is 3. The van der Waals surface area contributed by atoms with Crippen LogP contribution in [-0.4, -0.2) is 23.5 Å². The second-order valence-corrected chi connectivity index (χ2v) is 12.9. The zero-order valence-electron chi connectivity index (χ0n) is 24.5. The summed E-state index contributed by atoms with van der Waals surface area (Å²) in [6.07, 6.45) is 4.52. The van der Waals surface area contributed by atoms with Crippen LogP contribution in [0.3, 0.4) is 0 Å². The average Bonchev–Trinajstić information content (AvgIpc) is 3.36. The van der Waals surface area contributed by atoms with Gasteiger partial charge in [-0.05, 0) is 85.2 Å². The summed E-state index contributed by atoms with van der Waals surface area (Å²) in [6, 6.07) is 25.8. The van der Waals surface area contributed by atoms with Crippen LogP contribution in [0.15, 0.2) is 89.5 Å². The molecule has 1 aromatic heterocycles. The first-order valence-electron chi connectivity index (χ1n) is 14.3. The Morgan fingerprint density at radius 3 is 2.57 bits per heavy atom. The van der Waals surface area contributed by atoms with Crippen molar-refractivity contribution in [3.05, 3.63) is 117 Å². The number of hydrogen-bond acceptors (Lipinski definition) is 6. The summed E-state index contributed by atoms with van der Waals surface area (Å²) in [5.41, 5.74) is 4.51. The number of fused-ring (bicyclic) bond motifs is 1. The molecule has 222 valence electrons. The molecule has 4 aromatic rings. The zero-order valence-corrected chi connectivity index (χ0v) is 26.1. The molecule has 3 N–H and O–H groups in total. The third kappa shape index (κ3) is 7.64. The molecular weight excluding hydrogens is 589 g/mol. The number of thiophene rings is 1. The predicted molar refractivity (Wildman–Crippen MR) is 178 cm³/mol. The van der Waals surface area contributed by atoms with Crippen molar-refractivity contribution in [2.24, 2.45) is 5.92 Å². The van der Waals surface area contributed by atoms with Gasteiger partial charge in [-0.2, -0.15) is 5.26 Å². The number of rotatable bonds is 9. The molecule has 0 spiro atoms. The minimum Gasteiger partial charge on any atom is -0.321 e. The van der Waals surface area contributed by atoms with E-state index < -0.39 is 11.8 Å². The fraction of sp³-hybridized carbons (Fsp3) is 0.200. The zero-order chi connectivity index (χ0) is 31.1. The lowest BCUT2D eigenvalue weighted by Gasteiger charge is -2.17. The first-order valence-corrected chi connectivity index (χ1v) is 16.1. The average molecular weight is 621 g/mol. The van der Waals surface area contributed by atoms with Crippen LogP contribution in [0.25, 0.3) is 6.08 Å². The lowest BCUT2D eigenvalue weighted by atomic mass is 9.89. The monoisotopic (exact) mass is 620 g/mol. The number of thioether (sulfide) groups is 1. The van der Waals surface area contributed by atoms with Crippen LogP contribution in [0.4, 0.5) is 10.7 Å². The minimum absolute atomic E-state index is 0.104. The standard InChI is InChI=1S/C35H32N4O3S2/c1-22-15-16-28-29(20-36)35(44-31(28)17-22)39-32(40)21-43-27-14-8-13-26(19-27)37-34(42)30(18-25-12-7-6-9-23(25)2)38-33(41)24-10-4-3-5-11-24/h3-14,18-19,22H,15-17,21H2,1-2H3,(H,37,42)(H,38,41)(H,39,40)/b30-18-. The van der Waals surface area contributed by atoms with Crippen LogP contribution in [0.1, 0.15) is 50.8 Å². The third-order valence-corrected chi connectivity index (χ3v) is 9.52. The van der Waals surface area contributed by atoms with Crippen molar-refractivity contribution in [1.29, 1.82) is 5.26 Å². The Bertz CT molecular complexity index is 1770. The van der Waals surface area contributed by atoms with Gasteiger partial charge in [0.2, 0.25) is 5.91 Å².